The van der Waals surface area contributed by atoms with E-state index in [4.69, 9.17) is 4.42 Å². The summed E-state index contributed by atoms with van der Waals surface area (Å²) in [5.41, 5.74) is 1.11. The molecule has 0 bridgehead atoms. The maximum Gasteiger partial charge on any atom is 0.132 e. The standard InChI is InChI=1S/C13H14O2/c1-10(11-6-3-2-4-7-11)13(14)12-8-5-9-15-12/h2-10,13-14H,1H3. The zero-order valence-electron chi connectivity index (χ0n) is 8.63. The van der Waals surface area contributed by atoms with E-state index in [1.807, 2.05) is 37.3 Å². The summed E-state index contributed by atoms with van der Waals surface area (Å²) >= 11 is 0. The van der Waals surface area contributed by atoms with Gasteiger partial charge in [-0.25, -0.2) is 0 Å². The van der Waals surface area contributed by atoms with E-state index in [0.29, 0.717) is 5.76 Å². The second-order valence-corrected chi connectivity index (χ2v) is 3.66. The molecule has 0 amide bonds. The highest BCUT2D eigenvalue weighted by molar-refractivity contribution is 5.22. The molecule has 0 saturated heterocycles. The quantitative estimate of drug-likeness (QED) is 0.829. The van der Waals surface area contributed by atoms with Crippen LogP contribution >= 0.6 is 0 Å². The van der Waals surface area contributed by atoms with Crippen LogP contribution in [0.2, 0.25) is 0 Å². The first-order chi connectivity index (χ1) is 7.29. The molecule has 1 aromatic carbocycles. The van der Waals surface area contributed by atoms with Crippen molar-refractivity contribution in [2.24, 2.45) is 0 Å². The molecule has 15 heavy (non-hydrogen) atoms. The molecule has 2 aromatic rings. The molecule has 0 aliphatic rings. The van der Waals surface area contributed by atoms with Crippen LogP contribution in [0.1, 0.15) is 30.3 Å². The molecule has 1 N–H and O–H groups in total. The largest absolute Gasteiger partial charge is 0.467 e. The van der Waals surface area contributed by atoms with Crippen molar-refractivity contribution in [3.63, 3.8) is 0 Å². The number of hydrogen-bond donors (Lipinski definition) is 1. The van der Waals surface area contributed by atoms with Crippen molar-refractivity contribution < 1.29 is 9.52 Å². The zero-order valence-corrected chi connectivity index (χ0v) is 8.63. The van der Waals surface area contributed by atoms with Crippen molar-refractivity contribution in [1.82, 2.24) is 0 Å². The minimum Gasteiger partial charge on any atom is -0.467 e. The second-order valence-electron chi connectivity index (χ2n) is 3.66. The Kier molecular flexibility index (Phi) is 2.88. The van der Waals surface area contributed by atoms with Crippen LogP contribution in [0.3, 0.4) is 0 Å². The van der Waals surface area contributed by atoms with Crippen LogP contribution in [0.25, 0.3) is 0 Å². The Morgan fingerprint density at radius 2 is 1.80 bits per heavy atom. The van der Waals surface area contributed by atoms with E-state index >= 15 is 0 Å². The highest BCUT2D eigenvalue weighted by atomic mass is 16.4. The van der Waals surface area contributed by atoms with Crippen molar-refractivity contribution in [2.45, 2.75) is 18.9 Å². The van der Waals surface area contributed by atoms with Gasteiger partial charge in [-0.3, -0.25) is 0 Å². The minimum absolute atomic E-state index is 0.0392. The fourth-order valence-electron chi connectivity index (χ4n) is 1.64. The van der Waals surface area contributed by atoms with Crippen LogP contribution in [-0.2, 0) is 0 Å². The van der Waals surface area contributed by atoms with Crippen LogP contribution in [0.15, 0.2) is 53.1 Å². The summed E-state index contributed by atoms with van der Waals surface area (Å²) in [4.78, 5) is 0. The van der Waals surface area contributed by atoms with Gasteiger partial charge in [0.1, 0.15) is 11.9 Å². The zero-order chi connectivity index (χ0) is 10.7. The number of hydrogen-bond acceptors (Lipinski definition) is 2. The van der Waals surface area contributed by atoms with E-state index in [9.17, 15) is 5.11 Å². The van der Waals surface area contributed by atoms with E-state index in [1.54, 1.807) is 18.4 Å². The van der Waals surface area contributed by atoms with E-state index in [-0.39, 0.29) is 5.92 Å². The monoisotopic (exact) mass is 202 g/mol. The normalized spacial score (nSPS) is 14.8. The number of benzene rings is 1. The Labute approximate surface area is 89.2 Å². The van der Waals surface area contributed by atoms with Crippen LogP contribution in [0.4, 0.5) is 0 Å². The number of rotatable bonds is 3. The van der Waals surface area contributed by atoms with E-state index in [1.165, 1.54) is 0 Å². The Morgan fingerprint density at radius 3 is 2.40 bits per heavy atom. The molecule has 2 atom stereocenters. The maximum atomic E-state index is 10.0. The lowest BCUT2D eigenvalue weighted by Crippen LogP contribution is -2.06. The number of aliphatic hydroxyl groups is 1. The summed E-state index contributed by atoms with van der Waals surface area (Å²) in [6.45, 7) is 1.99. The van der Waals surface area contributed by atoms with Crippen LogP contribution in [0, 0.1) is 0 Å². The molecule has 78 valence electrons. The minimum atomic E-state index is -0.581. The summed E-state index contributed by atoms with van der Waals surface area (Å²) in [6, 6.07) is 13.5. The van der Waals surface area contributed by atoms with Gasteiger partial charge in [-0.15, -0.1) is 0 Å². The first-order valence-corrected chi connectivity index (χ1v) is 5.05. The molecule has 0 spiro atoms. The summed E-state index contributed by atoms with van der Waals surface area (Å²) in [5.74, 6) is 0.656. The lowest BCUT2D eigenvalue weighted by Gasteiger charge is -2.16. The van der Waals surface area contributed by atoms with Crippen molar-refractivity contribution in [3.8, 4) is 0 Å². The number of furan rings is 1. The van der Waals surface area contributed by atoms with Crippen molar-refractivity contribution in [2.75, 3.05) is 0 Å². The average molecular weight is 202 g/mol. The number of aliphatic hydroxyl groups excluding tert-OH is 1. The molecular weight excluding hydrogens is 188 g/mol. The fraction of sp³-hybridized carbons (Fsp3) is 0.231. The summed E-state index contributed by atoms with van der Waals surface area (Å²) in [5, 5.41) is 10.0. The van der Waals surface area contributed by atoms with E-state index in [0.717, 1.165) is 5.56 Å². The summed E-state index contributed by atoms with van der Waals surface area (Å²) < 4.78 is 5.19. The molecule has 2 rings (SSSR count). The molecular formula is C13H14O2. The molecule has 0 radical (unpaired) electrons. The van der Waals surface area contributed by atoms with Gasteiger partial charge in [0, 0.05) is 5.92 Å². The Balaban J connectivity index is 2.18. The van der Waals surface area contributed by atoms with Gasteiger partial charge in [0.2, 0.25) is 0 Å². The fourth-order valence-corrected chi connectivity index (χ4v) is 1.64. The van der Waals surface area contributed by atoms with E-state index < -0.39 is 6.10 Å². The Hall–Kier alpha value is -1.54. The topological polar surface area (TPSA) is 33.4 Å². The van der Waals surface area contributed by atoms with Gasteiger partial charge in [0.05, 0.1) is 6.26 Å². The highest BCUT2D eigenvalue weighted by Crippen LogP contribution is 2.30. The van der Waals surface area contributed by atoms with Gasteiger partial charge >= 0.3 is 0 Å². The molecule has 1 heterocycles. The highest BCUT2D eigenvalue weighted by Gasteiger charge is 2.19. The van der Waals surface area contributed by atoms with Gasteiger partial charge in [-0.2, -0.15) is 0 Å². The Bertz CT molecular complexity index is 392. The SMILES string of the molecule is CC(c1ccccc1)C(O)c1ccco1. The van der Waals surface area contributed by atoms with Gasteiger partial charge in [0.25, 0.3) is 0 Å². The molecule has 0 saturated carbocycles. The van der Waals surface area contributed by atoms with E-state index in [2.05, 4.69) is 0 Å². The molecule has 0 aliphatic carbocycles. The van der Waals surface area contributed by atoms with Crippen molar-refractivity contribution in [1.29, 1.82) is 0 Å². The first-order valence-electron chi connectivity index (χ1n) is 5.05. The van der Waals surface area contributed by atoms with Crippen molar-refractivity contribution >= 4 is 0 Å². The van der Waals surface area contributed by atoms with Crippen LogP contribution in [-0.4, -0.2) is 5.11 Å². The molecule has 2 unspecified atom stereocenters. The van der Waals surface area contributed by atoms with Crippen LogP contribution < -0.4 is 0 Å². The summed E-state index contributed by atoms with van der Waals surface area (Å²) in [6.07, 6.45) is 0.999. The first kappa shape index (κ1) is 9.99. The second kappa shape index (κ2) is 4.32. The van der Waals surface area contributed by atoms with Crippen LogP contribution in [0.5, 0.6) is 0 Å². The maximum absolute atomic E-state index is 10.0. The average Bonchev–Trinajstić information content (AvgIpc) is 2.82. The smallest absolute Gasteiger partial charge is 0.132 e. The molecule has 2 nitrogen and oxygen atoms in total. The lowest BCUT2D eigenvalue weighted by molar-refractivity contribution is 0.125. The third kappa shape index (κ3) is 2.10. The van der Waals surface area contributed by atoms with Gasteiger partial charge in [-0.05, 0) is 17.7 Å². The predicted molar refractivity (Wildman–Crippen MR) is 58.5 cm³/mol. The van der Waals surface area contributed by atoms with Gasteiger partial charge in [0.15, 0.2) is 0 Å². The Morgan fingerprint density at radius 1 is 1.07 bits per heavy atom. The van der Waals surface area contributed by atoms with Crippen molar-refractivity contribution in [3.05, 3.63) is 60.1 Å². The molecule has 2 heteroatoms. The molecule has 0 aliphatic heterocycles. The van der Waals surface area contributed by atoms with Gasteiger partial charge < -0.3 is 9.52 Å². The van der Waals surface area contributed by atoms with Gasteiger partial charge in [-0.1, -0.05) is 37.3 Å². The molecule has 0 fully saturated rings. The summed E-state index contributed by atoms with van der Waals surface area (Å²) in [7, 11) is 0. The molecule has 1 aromatic heterocycles. The predicted octanol–water partition coefficient (Wildman–Crippen LogP) is 3.12. The lowest BCUT2D eigenvalue weighted by atomic mass is 9.94. The third-order valence-electron chi connectivity index (χ3n) is 2.63. The third-order valence-corrected chi connectivity index (χ3v) is 2.63.